The van der Waals surface area contributed by atoms with Crippen LogP contribution in [-0.2, 0) is 4.74 Å². The summed E-state index contributed by atoms with van der Waals surface area (Å²) in [5.74, 6) is 1.51. The van der Waals surface area contributed by atoms with Gasteiger partial charge in [0.2, 0.25) is 5.88 Å². The molecule has 1 atom stereocenters. The minimum Gasteiger partial charge on any atom is -0.478 e. The second-order valence-electron chi connectivity index (χ2n) is 4.28. The van der Waals surface area contributed by atoms with E-state index in [1.165, 1.54) is 0 Å². The summed E-state index contributed by atoms with van der Waals surface area (Å²) in [5, 5.41) is 3.40. The SMILES string of the molecule is CCOc1cccc(NC2(C)CCOC2)n1. The molecule has 0 radical (unpaired) electrons. The van der Waals surface area contributed by atoms with Gasteiger partial charge in [-0.2, -0.15) is 4.98 Å². The highest BCUT2D eigenvalue weighted by Gasteiger charge is 2.29. The van der Waals surface area contributed by atoms with E-state index in [4.69, 9.17) is 9.47 Å². The summed E-state index contributed by atoms with van der Waals surface area (Å²) in [5.41, 5.74) is -0.00214. The molecular weight excluding hydrogens is 204 g/mol. The molecule has 0 aromatic carbocycles. The molecule has 1 saturated heterocycles. The van der Waals surface area contributed by atoms with Gasteiger partial charge in [0.25, 0.3) is 0 Å². The van der Waals surface area contributed by atoms with Gasteiger partial charge in [-0.25, -0.2) is 0 Å². The van der Waals surface area contributed by atoms with Crippen LogP contribution in [0.5, 0.6) is 5.88 Å². The second-order valence-corrected chi connectivity index (χ2v) is 4.28. The van der Waals surface area contributed by atoms with Crippen LogP contribution < -0.4 is 10.1 Å². The largest absolute Gasteiger partial charge is 0.478 e. The van der Waals surface area contributed by atoms with Gasteiger partial charge in [0, 0.05) is 12.7 Å². The fraction of sp³-hybridized carbons (Fsp3) is 0.583. The second kappa shape index (κ2) is 4.70. The molecule has 1 aliphatic rings. The Morgan fingerprint density at radius 3 is 3.12 bits per heavy atom. The molecule has 0 spiro atoms. The quantitative estimate of drug-likeness (QED) is 0.847. The van der Waals surface area contributed by atoms with E-state index >= 15 is 0 Å². The highest BCUT2D eigenvalue weighted by Crippen LogP contribution is 2.23. The van der Waals surface area contributed by atoms with Crippen molar-refractivity contribution in [1.29, 1.82) is 0 Å². The van der Waals surface area contributed by atoms with Crippen LogP contribution in [0.25, 0.3) is 0 Å². The van der Waals surface area contributed by atoms with Crippen molar-refractivity contribution in [3.05, 3.63) is 18.2 Å². The molecule has 1 aliphatic heterocycles. The molecule has 4 heteroatoms. The molecule has 2 heterocycles. The maximum absolute atomic E-state index is 5.39. The third-order valence-corrected chi connectivity index (χ3v) is 2.66. The summed E-state index contributed by atoms with van der Waals surface area (Å²) < 4.78 is 10.8. The molecule has 1 aromatic heterocycles. The monoisotopic (exact) mass is 222 g/mol. The lowest BCUT2D eigenvalue weighted by Gasteiger charge is -2.24. The Kier molecular flexibility index (Phi) is 3.29. The third-order valence-electron chi connectivity index (χ3n) is 2.66. The first-order chi connectivity index (χ1) is 7.72. The van der Waals surface area contributed by atoms with Crippen LogP contribution in [0.3, 0.4) is 0 Å². The van der Waals surface area contributed by atoms with Crippen molar-refractivity contribution in [2.24, 2.45) is 0 Å². The highest BCUT2D eigenvalue weighted by atomic mass is 16.5. The van der Waals surface area contributed by atoms with Gasteiger partial charge < -0.3 is 14.8 Å². The van der Waals surface area contributed by atoms with Crippen molar-refractivity contribution < 1.29 is 9.47 Å². The molecule has 1 aromatic rings. The van der Waals surface area contributed by atoms with Crippen molar-refractivity contribution in [1.82, 2.24) is 4.98 Å². The summed E-state index contributed by atoms with van der Waals surface area (Å²) in [6, 6.07) is 5.76. The molecule has 1 fully saturated rings. The maximum Gasteiger partial charge on any atom is 0.215 e. The van der Waals surface area contributed by atoms with Gasteiger partial charge in [-0.15, -0.1) is 0 Å². The van der Waals surface area contributed by atoms with Gasteiger partial charge >= 0.3 is 0 Å². The zero-order chi connectivity index (χ0) is 11.4. The predicted octanol–water partition coefficient (Wildman–Crippen LogP) is 2.07. The zero-order valence-electron chi connectivity index (χ0n) is 9.82. The first kappa shape index (κ1) is 11.2. The predicted molar refractivity (Wildman–Crippen MR) is 62.9 cm³/mol. The molecule has 0 amide bonds. The fourth-order valence-corrected chi connectivity index (χ4v) is 1.79. The topological polar surface area (TPSA) is 43.4 Å². The number of rotatable bonds is 4. The van der Waals surface area contributed by atoms with E-state index in [2.05, 4.69) is 17.2 Å². The molecule has 0 bridgehead atoms. The normalized spacial score (nSPS) is 24.4. The van der Waals surface area contributed by atoms with E-state index in [0.29, 0.717) is 12.5 Å². The fourth-order valence-electron chi connectivity index (χ4n) is 1.79. The standard InChI is InChI=1S/C12H18N2O2/c1-3-16-11-6-4-5-10(13-11)14-12(2)7-8-15-9-12/h4-6H,3,7-9H2,1-2H3,(H,13,14). The van der Waals surface area contributed by atoms with E-state index in [-0.39, 0.29) is 5.54 Å². The molecule has 0 saturated carbocycles. The Balaban J connectivity index is 2.05. The minimum absolute atomic E-state index is 0.00214. The van der Waals surface area contributed by atoms with Crippen molar-refractivity contribution >= 4 is 5.82 Å². The molecule has 88 valence electrons. The van der Waals surface area contributed by atoms with E-state index in [0.717, 1.165) is 25.5 Å². The van der Waals surface area contributed by atoms with Crippen molar-refractivity contribution in [3.63, 3.8) is 0 Å². The van der Waals surface area contributed by atoms with E-state index < -0.39 is 0 Å². The summed E-state index contributed by atoms with van der Waals surface area (Å²) in [6.45, 7) is 6.28. The van der Waals surface area contributed by atoms with Gasteiger partial charge in [0.1, 0.15) is 5.82 Å². The summed E-state index contributed by atoms with van der Waals surface area (Å²) >= 11 is 0. The van der Waals surface area contributed by atoms with Gasteiger partial charge in [-0.3, -0.25) is 0 Å². The van der Waals surface area contributed by atoms with Crippen LogP contribution in [0, 0.1) is 0 Å². The number of hydrogen-bond acceptors (Lipinski definition) is 4. The minimum atomic E-state index is -0.00214. The Bertz CT molecular complexity index is 349. The van der Waals surface area contributed by atoms with Crippen molar-refractivity contribution in [2.45, 2.75) is 25.8 Å². The molecule has 16 heavy (non-hydrogen) atoms. The molecule has 0 aliphatic carbocycles. The van der Waals surface area contributed by atoms with E-state index in [1.807, 2.05) is 25.1 Å². The Morgan fingerprint density at radius 1 is 1.56 bits per heavy atom. The van der Waals surface area contributed by atoms with Crippen LogP contribution in [-0.4, -0.2) is 30.3 Å². The van der Waals surface area contributed by atoms with Crippen molar-refractivity contribution in [3.8, 4) is 5.88 Å². The lowest BCUT2D eigenvalue weighted by atomic mass is 10.0. The van der Waals surface area contributed by atoms with Crippen LogP contribution >= 0.6 is 0 Å². The molecular formula is C12H18N2O2. The summed E-state index contributed by atoms with van der Waals surface area (Å²) in [6.07, 6.45) is 1.01. The average Bonchev–Trinajstić information content (AvgIpc) is 2.66. The first-order valence-corrected chi connectivity index (χ1v) is 5.68. The van der Waals surface area contributed by atoms with E-state index in [9.17, 15) is 0 Å². The first-order valence-electron chi connectivity index (χ1n) is 5.68. The molecule has 2 rings (SSSR count). The summed E-state index contributed by atoms with van der Waals surface area (Å²) in [4.78, 5) is 4.38. The average molecular weight is 222 g/mol. The smallest absolute Gasteiger partial charge is 0.215 e. The van der Waals surface area contributed by atoms with Gasteiger partial charge in [0.05, 0.1) is 18.8 Å². The number of hydrogen-bond donors (Lipinski definition) is 1. The number of aromatic nitrogens is 1. The Hall–Kier alpha value is -1.29. The number of anilines is 1. The van der Waals surface area contributed by atoms with E-state index in [1.54, 1.807) is 0 Å². The van der Waals surface area contributed by atoms with Crippen LogP contribution in [0.15, 0.2) is 18.2 Å². The van der Waals surface area contributed by atoms with Gasteiger partial charge in [0.15, 0.2) is 0 Å². The lowest BCUT2D eigenvalue weighted by Crippen LogP contribution is -2.35. The van der Waals surface area contributed by atoms with Crippen LogP contribution in [0.1, 0.15) is 20.3 Å². The zero-order valence-corrected chi connectivity index (χ0v) is 9.82. The molecule has 1 N–H and O–H groups in total. The van der Waals surface area contributed by atoms with Gasteiger partial charge in [-0.1, -0.05) is 6.07 Å². The van der Waals surface area contributed by atoms with Crippen LogP contribution in [0.2, 0.25) is 0 Å². The third kappa shape index (κ3) is 2.64. The number of nitrogens with zero attached hydrogens (tertiary/aromatic N) is 1. The highest BCUT2D eigenvalue weighted by molar-refractivity contribution is 5.40. The maximum atomic E-state index is 5.39. The lowest BCUT2D eigenvalue weighted by molar-refractivity contribution is 0.185. The summed E-state index contributed by atoms with van der Waals surface area (Å²) in [7, 11) is 0. The molecule has 4 nitrogen and oxygen atoms in total. The van der Waals surface area contributed by atoms with Gasteiger partial charge in [-0.05, 0) is 26.3 Å². The van der Waals surface area contributed by atoms with Crippen LogP contribution in [0.4, 0.5) is 5.82 Å². The number of nitrogens with one attached hydrogen (secondary N) is 1. The molecule has 1 unspecified atom stereocenters. The Labute approximate surface area is 96.0 Å². The number of pyridine rings is 1. The number of ether oxygens (including phenoxy) is 2. The van der Waals surface area contributed by atoms with Crippen molar-refractivity contribution in [2.75, 3.05) is 25.1 Å². The Morgan fingerprint density at radius 2 is 2.44 bits per heavy atom.